The van der Waals surface area contributed by atoms with Gasteiger partial charge < -0.3 is 5.11 Å². The Morgan fingerprint density at radius 2 is 2.10 bits per heavy atom. The maximum atomic E-state index is 12.4. The molecule has 0 saturated carbocycles. The Morgan fingerprint density at radius 3 is 2.70 bits per heavy atom. The number of nitrogens with one attached hydrogen (secondary N) is 1. The Kier molecular flexibility index (Phi) is 4.36. The molecule has 0 atom stereocenters. The van der Waals surface area contributed by atoms with Crippen molar-refractivity contribution in [3.8, 4) is 0 Å². The number of benzene rings is 1. The van der Waals surface area contributed by atoms with E-state index in [9.17, 15) is 8.42 Å². The summed E-state index contributed by atoms with van der Waals surface area (Å²) < 4.78 is 27.3. The van der Waals surface area contributed by atoms with Crippen LogP contribution < -0.4 is 4.72 Å². The lowest BCUT2D eigenvalue weighted by Crippen LogP contribution is -2.15. The van der Waals surface area contributed by atoms with Crippen molar-refractivity contribution < 1.29 is 13.5 Å². The molecule has 0 radical (unpaired) electrons. The van der Waals surface area contributed by atoms with Crippen LogP contribution in [0.1, 0.15) is 18.1 Å². The third-order valence-corrected chi connectivity index (χ3v) is 4.36. The van der Waals surface area contributed by atoms with Crippen LogP contribution in [0.3, 0.4) is 0 Å². The minimum atomic E-state index is -3.69. The smallest absolute Gasteiger partial charge is 0.262 e. The summed E-state index contributed by atoms with van der Waals surface area (Å²) in [5, 5.41) is 9.16. The highest BCUT2D eigenvalue weighted by Crippen LogP contribution is 2.21. The number of aliphatic hydroxyl groups excluding tert-OH is 1. The number of aromatic nitrogens is 1. The highest BCUT2D eigenvalue weighted by atomic mass is 32.2. The number of aliphatic hydroxyl groups is 1. The van der Waals surface area contributed by atoms with Crippen molar-refractivity contribution in [1.82, 2.24) is 4.98 Å². The zero-order chi connectivity index (χ0) is 14.6. The van der Waals surface area contributed by atoms with Crippen LogP contribution in [-0.2, 0) is 23.1 Å². The van der Waals surface area contributed by atoms with Crippen molar-refractivity contribution >= 4 is 15.7 Å². The molecule has 1 aromatic heterocycles. The van der Waals surface area contributed by atoms with Gasteiger partial charge in [-0.2, -0.15) is 0 Å². The summed E-state index contributed by atoms with van der Waals surface area (Å²) in [5.41, 5.74) is 1.68. The van der Waals surface area contributed by atoms with Gasteiger partial charge in [-0.3, -0.25) is 9.71 Å². The van der Waals surface area contributed by atoms with Gasteiger partial charge in [-0.1, -0.05) is 19.1 Å². The number of pyridine rings is 1. The molecule has 0 spiro atoms. The lowest BCUT2D eigenvalue weighted by atomic mass is 10.1. The first-order valence-corrected chi connectivity index (χ1v) is 7.70. The summed E-state index contributed by atoms with van der Waals surface area (Å²) in [6.45, 7) is 1.69. The molecule has 0 fully saturated rings. The molecule has 1 heterocycles. The lowest BCUT2D eigenvalue weighted by molar-refractivity contribution is 0.281. The van der Waals surface area contributed by atoms with Gasteiger partial charge in [0.15, 0.2) is 0 Å². The fraction of sp³-hybridized carbons (Fsp3) is 0.214. The maximum Gasteiger partial charge on any atom is 0.262 e. The van der Waals surface area contributed by atoms with E-state index in [1.54, 1.807) is 30.5 Å². The van der Waals surface area contributed by atoms with Crippen LogP contribution in [0, 0.1) is 0 Å². The minimum Gasteiger partial charge on any atom is -0.392 e. The van der Waals surface area contributed by atoms with Gasteiger partial charge in [0.05, 0.1) is 23.4 Å². The molecule has 1 aromatic carbocycles. The number of sulfonamides is 1. The van der Waals surface area contributed by atoms with Crippen LogP contribution in [0.25, 0.3) is 0 Å². The molecule has 0 unspecified atom stereocenters. The van der Waals surface area contributed by atoms with Crippen LogP contribution >= 0.6 is 0 Å². The van der Waals surface area contributed by atoms with Gasteiger partial charge >= 0.3 is 0 Å². The summed E-state index contributed by atoms with van der Waals surface area (Å²) in [6.07, 6.45) is 3.61. The van der Waals surface area contributed by atoms with E-state index in [4.69, 9.17) is 5.11 Å². The number of nitrogens with zero attached hydrogens (tertiary/aromatic N) is 1. The number of hydrogen-bond donors (Lipinski definition) is 2. The average Bonchev–Trinajstić information content (AvgIpc) is 2.47. The Bertz CT molecular complexity index is 685. The SMILES string of the molecule is CCc1ccc(CO)cc1S(=O)(=O)Nc1cccnc1. The van der Waals surface area contributed by atoms with Crippen LogP contribution in [0.4, 0.5) is 5.69 Å². The lowest BCUT2D eigenvalue weighted by Gasteiger charge is -2.12. The van der Waals surface area contributed by atoms with Gasteiger partial charge in [0.25, 0.3) is 10.0 Å². The van der Waals surface area contributed by atoms with Crippen LogP contribution in [0.5, 0.6) is 0 Å². The molecule has 20 heavy (non-hydrogen) atoms. The van der Waals surface area contributed by atoms with Crippen LogP contribution in [-0.4, -0.2) is 18.5 Å². The molecular formula is C14H16N2O3S. The van der Waals surface area contributed by atoms with Gasteiger partial charge in [-0.25, -0.2) is 8.42 Å². The summed E-state index contributed by atoms with van der Waals surface area (Å²) in [7, 11) is -3.69. The molecule has 5 nitrogen and oxygen atoms in total. The Labute approximate surface area is 118 Å². The predicted molar refractivity (Wildman–Crippen MR) is 76.8 cm³/mol. The van der Waals surface area contributed by atoms with Gasteiger partial charge in [0.1, 0.15) is 0 Å². The summed E-state index contributed by atoms with van der Waals surface area (Å²) in [5.74, 6) is 0. The third kappa shape index (κ3) is 3.15. The van der Waals surface area contributed by atoms with Crippen LogP contribution in [0.15, 0.2) is 47.6 Å². The average molecular weight is 292 g/mol. The number of aryl methyl sites for hydroxylation is 1. The fourth-order valence-corrected chi connectivity index (χ4v) is 3.28. The van der Waals surface area contributed by atoms with E-state index in [0.717, 1.165) is 0 Å². The minimum absolute atomic E-state index is 0.190. The van der Waals surface area contributed by atoms with E-state index in [-0.39, 0.29) is 11.5 Å². The molecule has 6 heteroatoms. The second-order valence-electron chi connectivity index (χ2n) is 4.30. The zero-order valence-corrected chi connectivity index (χ0v) is 11.9. The molecule has 2 rings (SSSR count). The van der Waals surface area contributed by atoms with Crippen molar-refractivity contribution in [3.05, 3.63) is 53.9 Å². The van der Waals surface area contributed by atoms with Gasteiger partial charge in [-0.15, -0.1) is 0 Å². The molecule has 0 aliphatic rings. The van der Waals surface area contributed by atoms with Crippen molar-refractivity contribution in [2.24, 2.45) is 0 Å². The van der Waals surface area contributed by atoms with E-state index >= 15 is 0 Å². The monoisotopic (exact) mass is 292 g/mol. The summed E-state index contributed by atoms with van der Waals surface area (Å²) in [6, 6.07) is 8.23. The number of rotatable bonds is 5. The van der Waals surface area contributed by atoms with Gasteiger partial charge in [-0.05, 0) is 35.7 Å². The van der Waals surface area contributed by atoms with E-state index in [1.165, 1.54) is 12.3 Å². The topological polar surface area (TPSA) is 79.3 Å². The normalized spacial score (nSPS) is 11.3. The van der Waals surface area contributed by atoms with E-state index in [0.29, 0.717) is 23.2 Å². The van der Waals surface area contributed by atoms with Crippen molar-refractivity contribution in [2.75, 3.05) is 4.72 Å². The maximum absolute atomic E-state index is 12.4. The molecule has 0 aliphatic carbocycles. The Balaban J connectivity index is 2.43. The van der Waals surface area contributed by atoms with Gasteiger partial charge in [0, 0.05) is 6.20 Å². The third-order valence-electron chi connectivity index (χ3n) is 2.90. The van der Waals surface area contributed by atoms with Crippen molar-refractivity contribution in [3.63, 3.8) is 0 Å². The highest BCUT2D eigenvalue weighted by molar-refractivity contribution is 7.92. The first-order chi connectivity index (χ1) is 9.56. The first kappa shape index (κ1) is 14.5. The number of anilines is 1. The fourth-order valence-electron chi connectivity index (χ4n) is 1.87. The molecular weight excluding hydrogens is 276 g/mol. The van der Waals surface area contributed by atoms with Crippen molar-refractivity contribution in [1.29, 1.82) is 0 Å². The van der Waals surface area contributed by atoms with Crippen LogP contribution in [0.2, 0.25) is 0 Å². The van der Waals surface area contributed by atoms with E-state index in [2.05, 4.69) is 9.71 Å². The molecule has 2 aromatic rings. The Hall–Kier alpha value is -1.92. The highest BCUT2D eigenvalue weighted by Gasteiger charge is 2.18. The molecule has 0 amide bonds. The quantitative estimate of drug-likeness (QED) is 0.882. The molecule has 0 aliphatic heterocycles. The summed E-state index contributed by atoms with van der Waals surface area (Å²) in [4.78, 5) is 4.06. The molecule has 2 N–H and O–H groups in total. The second-order valence-corrected chi connectivity index (χ2v) is 5.95. The summed E-state index contributed by atoms with van der Waals surface area (Å²) >= 11 is 0. The van der Waals surface area contributed by atoms with E-state index in [1.807, 2.05) is 6.92 Å². The van der Waals surface area contributed by atoms with Gasteiger partial charge in [0.2, 0.25) is 0 Å². The molecule has 106 valence electrons. The number of hydrogen-bond acceptors (Lipinski definition) is 4. The zero-order valence-electron chi connectivity index (χ0n) is 11.1. The van der Waals surface area contributed by atoms with E-state index < -0.39 is 10.0 Å². The predicted octanol–water partition coefficient (Wildman–Crippen LogP) is 1.94. The first-order valence-electron chi connectivity index (χ1n) is 6.22. The Morgan fingerprint density at radius 1 is 1.30 bits per heavy atom. The molecule has 0 saturated heterocycles. The standard InChI is InChI=1S/C14H16N2O3S/c1-2-12-6-5-11(10-17)8-14(12)20(18,19)16-13-4-3-7-15-9-13/h3-9,16-17H,2,10H2,1H3. The molecule has 0 bridgehead atoms. The largest absolute Gasteiger partial charge is 0.392 e. The van der Waals surface area contributed by atoms with Crippen molar-refractivity contribution in [2.45, 2.75) is 24.8 Å². The second kappa shape index (κ2) is 6.02.